The summed E-state index contributed by atoms with van der Waals surface area (Å²) < 4.78 is 5.33. The average Bonchev–Trinajstić information content (AvgIpc) is 2.35. The van der Waals surface area contributed by atoms with Gasteiger partial charge in [0.15, 0.2) is 6.61 Å². The van der Waals surface area contributed by atoms with Gasteiger partial charge < -0.3 is 15.4 Å². The molecule has 0 spiro atoms. The van der Waals surface area contributed by atoms with Gasteiger partial charge in [-0.3, -0.25) is 9.59 Å². The van der Waals surface area contributed by atoms with Gasteiger partial charge in [0.25, 0.3) is 5.91 Å². The van der Waals surface area contributed by atoms with Crippen molar-refractivity contribution in [2.75, 3.05) is 19.0 Å². The van der Waals surface area contributed by atoms with Crippen LogP contribution in [0.2, 0.25) is 0 Å². The Kier molecular flexibility index (Phi) is 3.27. The molecule has 0 atom stereocenters. The molecular formula is C12H14N2O3. The molecule has 0 saturated heterocycles. The first-order valence-corrected chi connectivity index (χ1v) is 5.45. The number of fused-ring (bicyclic) bond motifs is 1. The summed E-state index contributed by atoms with van der Waals surface area (Å²) in [7, 11) is 1.56. The molecule has 1 aliphatic rings. The zero-order valence-electron chi connectivity index (χ0n) is 9.58. The number of amides is 2. The molecule has 0 unspecified atom stereocenters. The molecule has 0 radical (unpaired) electrons. The van der Waals surface area contributed by atoms with Crippen LogP contribution in [0.4, 0.5) is 5.69 Å². The number of carbonyl (C=O) groups excluding carboxylic acids is 2. The third-order valence-corrected chi connectivity index (χ3v) is 2.62. The number of aryl methyl sites for hydroxylation is 1. The highest BCUT2D eigenvalue weighted by Crippen LogP contribution is 2.26. The molecule has 1 aromatic rings. The lowest BCUT2D eigenvalue weighted by molar-refractivity contribution is -0.122. The topological polar surface area (TPSA) is 67.4 Å². The van der Waals surface area contributed by atoms with Crippen molar-refractivity contribution in [3.63, 3.8) is 0 Å². The molecule has 1 aromatic carbocycles. The van der Waals surface area contributed by atoms with Gasteiger partial charge in [-0.05, 0) is 30.2 Å². The molecule has 0 aliphatic carbocycles. The smallest absolute Gasteiger partial charge is 0.257 e. The molecule has 0 aromatic heterocycles. The number of hydrogen-bond donors (Lipinski definition) is 2. The number of benzene rings is 1. The second-order valence-electron chi connectivity index (χ2n) is 3.83. The van der Waals surface area contributed by atoms with E-state index in [2.05, 4.69) is 10.6 Å². The van der Waals surface area contributed by atoms with E-state index in [1.165, 1.54) is 0 Å². The van der Waals surface area contributed by atoms with Crippen LogP contribution in [0.3, 0.4) is 0 Å². The number of nitrogens with one attached hydrogen (secondary N) is 2. The van der Waals surface area contributed by atoms with E-state index in [4.69, 9.17) is 4.74 Å². The molecule has 2 N–H and O–H groups in total. The first-order valence-electron chi connectivity index (χ1n) is 5.45. The van der Waals surface area contributed by atoms with Gasteiger partial charge in [-0.1, -0.05) is 0 Å². The number of anilines is 1. The monoisotopic (exact) mass is 234 g/mol. The Morgan fingerprint density at radius 2 is 2.29 bits per heavy atom. The van der Waals surface area contributed by atoms with Gasteiger partial charge in [0.2, 0.25) is 5.91 Å². The van der Waals surface area contributed by atoms with Gasteiger partial charge in [-0.25, -0.2) is 0 Å². The molecule has 0 fully saturated rings. The normalized spacial score (nSPS) is 13.6. The molecule has 1 aliphatic heterocycles. The Morgan fingerprint density at radius 1 is 1.47 bits per heavy atom. The predicted molar refractivity (Wildman–Crippen MR) is 63.0 cm³/mol. The molecule has 2 rings (SSSR count). The molecular weight excluding hydrogens is 220 g/mol. The molecule has 0 saturated carbocycles. The van der Waals surface area contributed by atoms with Crippen molar-refractivity contribution in [3.8, 4) is 5.75 Å². The average molecular weight is 234 g/mol. The largest absolute Gasteiger partial charge is 0.484 e. The minimum atomic E-state index is -0.170. The van der Waals surface area contributed by atoms with Gasteiger partial charge >= 0.3 is 0 Å². The second kappa shape index (κ2) is 4.86. The molecule has 5 heteroatoms. The summed E-state index contributed by atoms with van der Waals surface area (Å²) in [5, 5.41) is 5.27. The molecule has 90 valence electrons. The molecule has 17 heavy (non-hydrogen) atoms. The number of likely N-dealkylation sites (N-methyl/N-ethyl adjacent to an activating group) is 1. The summed E-state index contributed by atoms with van der Waals surface area (Å²) in [5.41, 5.74) is 1.87. The lowest BCUT2D eigenvalue weighted by Gasteiger charge is -2.17. The maximum Gasteiger partial charge on any atom is 0.257 e. The van der Waals surface area contributed by atoms with Crippen molar-refractivity contribution in [1.29, 1.82) is 0 Å². The lowest BCUT2D eigenvalue weighted by atomic mass is 10.0. The van der Waals surface area contributed by atoms with Gasteiger partial charge in [-0.15, -0.1) is 0 Å². The first kappa shape index (κ1) is 11.4. The van der Waals surface area contributed by atoms with E-state index in [0.717, 1.165) is 11.3 Å². The summed E-state index contributed by atoms with van der Waals surface area (Å²) in [6.07, 6.45) is 1.20. The van der Waals surface area contributed by atoms with Gasteiger partial charge in [0.05, 0.1) is 0 Å². The zero-order chi connectivity index (χ0) is 12.3. The highest BCUT2D eigenvalue weighted by molar-refractivity contribution is 5.94. The van der Waals surface area contributed by atoms with Crippen molar-refractivity contribution in [3.05, 3.63) is 23.8 Å². The van der Waals surface area contributed by atoms with Crippen LogP contribution in [0.15, 0.2) is 18.2 Å². The van der Waals surface area contributed by atoms with Crippen molar-refractivity contribution < 1.29 is 14.3 Å². The first-order chi connectivity index (χ1) is 8.19. The van der Waals surface area contributed by atoms with Crippen LogP contribution in [0.25, 0.3) is 0 Å². The highest BCUT2D eigenvalue weighted by Gasteiger charge is 2.15. The SMILES string of the molecule is CNC(=O)COc1ccc2c(c1)CCC(=O)N2. The number of hydrogen-bond acceptors (Lipinski definition) is 3. The summed E-state index contributed by atoms with van der Waals surface area (Å²) >= 11 is 0. The summed E-state index contributed by atoms with van der Waals surface area (Å²) in [4.78, 5) is 22.2. The van der Waals surface area contributed by atoms with Crippen LogP contribution in [0, 0.1) is 0 Å². The van der Waals surface area contributed by atoms with E-state index in [-0.39, 0.29) is 18.4 Å². The third kappa shape index (κ3) is 2.75. The Labute approximate surface area is 99.2 Å². The second-order valence-corrected chi connectivity index (χ2v) is 3.83. The van der Waals surface area contributed by atoms with Crippen LogP contribution >= 0.6 is 0 Å². The standard InChI is InChI=1S/C12H14N2O3/c1-13-12(16)7-17-9-3-4-10-8(6-9)2-5-11(15)14-10/h3-4,6H,2,5,7H2,1H3,(H,13,16)(H,14,15). The Bertz CT molecular complexity index is 457. The van der Waals surface area contributed by atoms with Crippen molar-refractivity contribution >= 4 is 17.5 Å². The van der Waals surface area contributed by atoms with Crippen molar-refractivity contribution in [2.24, 2.45) is 0 Å². The van der Waals surface area contributed by atoms with E-state index in [9.17, 15) is 9.59 Å². The lowest BCUT2D eigenvalue weighted by Crippen LogP contribution is -2.25. The fraction of sp³-hybridized carbons (Fsp3) is 0.333. The fourth-order valence-corrected chi connectivity index (χ4v) is 1.67. The van der Waals surface area contributed by atoms with Crippen LogP contribution in [-0.2, 0) is 16.0 Å². The maximum atomic E-state index is 11.2. The van der Waals surface area contributed by atoms with Gasteiger partial charge in [0.1, 0.15) is 5.75 Å². The molecule has 1 heterocycles. The van der Waals surface area contributed by atoms with Crippen LogP contribution in [0.5, 0.6) is 5.75 Å². The van der Waals surface area contributed by atoms with Crippen LogP contribution < -0.4 is 15.4 Å². The van der Waals surface area contributed by atoms with Crippen molar-refractivity contribution in [1.82, 2.24) is 5.32 Å². The van der Waals surface area contributed by atoms with E-state index < -0.39 is 0 Å². The van der Waals surface area contributed by atoms with Crippen molar-refractivity contribution in [2.45, 2.75) is 12.8 Å². The number of rotatable bonds is 3. The highest BCUT2D eigenvalue weighted by atomic mass is 16.5. The summed E-state index contributed by atoms with van der Waals surface area (Å²) in [6, 6.07) is 5.40. The van der Waals surface area contributed by atoms with Crippen LogP contribution in [0.1, 0.15) is 12.0 Å². The third-order valence-electron chi connectivity index (χ3n) is 2.62. The molecule has 0 bridgehead atoms. The van der Waals surface area contributed by atoms with Gasteiger partial charge in [0, 0.05) is 19.2 Å². The number of carbonyl (C=O) groups is 2. The Balaban J connectivity index is 2.06. The zero-order valence-corrected chi connectivity index (χ0v) is 9.58. The Hall–Kier alpha value is -2.04. The summed E-state index contributed by atoms with van der Waals surface area (Å²) in [5.74, 6) is 0.510. The number of ether oxygens (including phenoxy) is 1. The van der Waals surface area contributed by atoms with E-state index in [1.807, 2.05) is 6.07 Å². The quantitative estimate of drug-likeness (QED) is 0.808. The maximum absolute atomic E-state index is 11.2. The summed E-state index contributed by atoms with van der Waals surface area (Å²) in [6.45, 7) is 0.00163. The molecule has 2 amide bonds. The Morgan fingerprint density at radius 3 is 3.06 bits per heavy atom. The van der Waals surface area contributed by atoms with Crippen LogP contribution in [-0.4, -0.2) is 25.5 Å². The van der Waals surface area contributed by atoms with E-state index in [1.54, 1.807) is 19.2 Å². The predicted octanol–water partition coefficient (Wildman–Crippen LogP) is 0.696. The van der Waals surface area contributed by atoms with Gasteiger partial charge in [-0.2, -0.15) is 0 Å². The fourth-order valence-electron chi connectivity index (χ4n) is 1.67. The van der Waals surface area contributed by atoms with E-state index >= 15 is 0 Å². The molecule has 5 nitrogen and oxygen atoms in total. The minimum absolute atomic E-state index is 0.00163. The van der Waals surface area contributed by atoms with E-state index in [0.29, 0.717) is 18.6 Å². The minimum Gasteiger partial charge on any atom is -0.484 e.